The first-order chi connectivity index (χ1) is 14.2. The molecule has 0 bridgehead atoms. The van der Waals surface area contributed by atoms with Gasteiger partial charge in [0, 0.05) is 37.3 Å². The minimum absolute atomic E-state index is 0.177. The van der Waals surface area contributed by atoms with Gasteiger partial charge in [0.25, 0.3) is 0 Å². The number of rotatable bonds is 5. The zero-order valence-corrected chi connectivity index (χ0v) is 17.4. The molecule has 8 heteroatoms. The lowest BCUT2D eigenvalue weighted by Crippen LogP contribution is -2.55. The Hall–Kier alpha value is -2.71. The molecular formula is C22H27F2N3O3. The maximum absolute atomic E-state index is 13.4. The molecule has 0 radical (unpaired) electrons. The lowest BCUT2D eigenvalue weighted by atomic mass is 9.75. The molecule has 1 saturated heterocycles. The van der Waals surface area contributed by atoms with Crippen LogP contribution in [0.15, 0.2) is 42.5 Å². The Morgan fingerprint density at radius 2 is 2.03 bits per heavy atom. The number of piperidine rings is 1. The predicted octanol–water partition coefficient (Wildman–Crippen LogP) is 3.28. The quantitative estimate of drug-likeness (QED) is 0.781. The number of ether oxygens (including phenoxy) is 1. The number of anilines is 1. The van der Waals surface area contributed by atoms with Crippen LogP contribution in [0, 0.1) is 17.6 Å². The Morgan fingerprint density at radius 1 is 1.27 bits per heavy atom. The Labute approximate surface area is 175 Å². The topological polar surface area (TPSA) is 65.0 Å². The summed E-state index contributed by atoms with van der Waals surface area (Å²) in [6.07, 6.45) is 0.337. The van der Waals surface area contributed by atoms with Crippen molar-refractivity contribution in [2.75, 3.05) is 46.2 Å². The zero-order valence-electron chi connectivity index (χ0n) is 17.4. The van der Waals surface area contributed by atoms with Crippen molar-refractivity contribution < 1.29 is 23.4 Å². The van der Waals surface area contributed by atoms with E-state index in [4.69, 9.17) is 4.74 Å². The number of likely N-dealkylation sites (tertiary alicyclic amines) is 1. The van der Waals surface area contributed by atoms with Crippen molar-refractivity contribution in [3.63, 3.8) is 0 Å². The fourth-order valence-electron chi connectivity index (χ4n) is 3.90. The SMILES string of the molecule is COc1cccc(C2(O)CCN(C(=O)Nc3ccc(F)c(F)c3)CC2CN(C)C)c1. The van der Waals surface area contributed by atoms with Gasteiger partial charge in [0.15, 0.2) is 11.6 Å². The second kappa shape index (κ2) is 8.97. The first kappa shape index (κ1) is 22.0. The van der Waals surface area contributed by atoms with Crippen LogP contribution >= 0.6 is 0 Å². The van der Waals surface area contributed by atoms with Gasteiger partial charge in [-0.1, -0.05) is 12.1 Å². The lowest BCUT2D eigenvalue weighted by molar-refractivity contribution is -0.0750. The number of urea groups is 1. The fraction of sp³-hybridized carbons (Fsp3) is 0.409. The molecule has 2 amide bonds. The standard InChI is InChI=1S/C22H27F2N3O3/c1-26(2)13-16-14-27(21(28)25-17-7-8-19(23)20(24)12-17)10-9-22(16,29)15-5-4-6-18(11-15)30-3/h4-8,11-12,16,29H,9-10,13-14H2,1-3H3,(H,25,28). The molecule has 162 valence electrons. The van der Waals surface area contributed by atoms with E-state index in [1.54, 1.807) is 12.0 Å². The van der Waals surface area contributed by atoms with E-state index in [1.807, 2.05) is 43.3 Å². The molecule has 2 atom stereocenters. The molecule has 2 aromatic carbocycles. The fourth-order valence-corrected chi connectivity index (χ4v) is 3.90. The third-order valence-corrected chi connectivity index (χ3v) is 5.49. The van der Waals surface area contributed by atoms with Gasteiger partial charge in [0.2, 0.25) is 0 Å². The van der Waals surface area contributed by atoms with E-state index in [0.717, 1.165) is 17.7 Å². The van der Waals surface area contributed by atoms with Gasteiger partial charge >= 0.3 is 6.03 Å². The van der Waals surface area contributed by atoms with E-state index >= 15 is 0 Å². The normalized spacial score (nSPS) is 21.6. The first-order valence-electron chi connectivity index (χ1n) is 9.75. The van der Waals surface area contributed by atoms with Crippen LogP contribution in [0.4, 0.5) is 19.3 Å². The maximum Gasteiger partial charge on any atom is 0.321 e. The van der Waals surface area contributed by atoms with Gasteiger partial charge in [-0.2, -0.15) is 0 Å². The molecule has 6 nitrogen and oxygen atoms in total. The molecule has 0 aromatic heterocycles. The minimum atomic E-state index is -1.13. The van der Waals surface area contributed by atoms with Crippen LogP contribution in [0.25, 0.3) is 0 Å². The summed E-state index contributed by atoms with van der Waals surface area (Å²) in [5.74, 6) is -1.60. The first-order valence-corrected chi connectivity index (χ1v) is 9.75. The summed E-state index contributed by atoms with van der Waals surface area (Å²) in [7, 11) is 5.39. The molecule has 1 heterocycles. The van der Waals surface area contributed by atoms with Crippen molar-refractivity contribution in [2.45, 2.75) is 12.0 Å². The summed E-state index contributed by atoms with van der Waals surface area (Å²) in [5, 5.41) is 14.2. The van der Waals surface area contributed by atoms with Crippen LogP contribution in [0.2, 0.25) is 0 Å². The second-order valence-corrected chi connectivity index (χ2v) is 7.87. The number of nitrogens with one attached hydrogen (secondary N) is 1. The Kier molecular flexibility index (Phi) is 6.58. The highest BCUT2D eigenvalue weighted by Crippen LogP contribution is 2.39. The molecule has 0 spiro atoms. The van der Waals surface area contributed by atoms with Gasteiger partial charge in [0.05, 0.1) is 12.7 Å². The Morgan fingerprint density at radius 3 is 2.70 bits per heavy atom. The van der Waals surface area contributed by atoms with Gasteiger partial charge in [-0.05, 0) is 50.3 Å². The molecule has 3 rings (SSSR count). The number of hydrogen-bond acceptors (Lipinski definition) is 4. The Bertz CT molecular complexity index is 909. The number of methoxy groups -OCH3 is 1. The Balaban J connectivity index is 1.79. The van der Waals surface area contributed by atoms with Gasteiger partial charge in [0.1, 0.15) is 5.75 Å². The van der Waals surface area contributed by atoms with Crippen molar-refractivity contribution in [1.82, 2.24) is 9.80 Å². The lowest BCUT2D eigenvalue weighted by Gasteiger charge is -2.45. The van der Waals surface area contributed by atoms with Crippen LogP contribution in [0.1, 0.15) is 12.0 Å². The summed E-state index contributed by atoms with van der Waals surface area (Å²) >= 11 is 0. The van der Waals surface area contributed by atoms with E-state index in [0.29, 0.717) is 31.8 Å². The van der Waals surface area contributed by atoms with Gasteiger partial charge in [-0.15, -0.1) is 0 Å². The average molecular weight is 419 g/mol. The van der Waals surface area contributed by atoms with Gasteiger partial charge < -0.3 is 25.0 Å². The molecule has 1 fully saturated rings. The van der Waals surface area contributed by atoms with E-state index in [1.165, 1.54) is 6.07 Å². The molecule has 0 saturated carbocycles. The van der Waals surface area contributed by atoms with Crippen molar-refractivity contribution >= 4 is 11.7 Å². The summed E-state index contributed by atoms with van der Waals surface area (Å²) in [4.78, 5) is 16.3. The number of benzene rings is 2. The van der Waals surface area contributed by atoms with Crippen LogP contribution in [0.3, 0.4) is 0 Å². The number of nitrogens with zero attached hydrogens (tertiary/aromatic N) is 2. The van der Waals surface area contributed by atoms with Crippen molar-refractivity contribution in [2.24, 2.45) is 5.92 Å². The average Bonchev–Trinajstić information content (AvgIpc) is 2.72. The van der Waals surface area contributed by atoms with E-state index < -0.39 is 23.3 Å². The number of carbonyl (C=O) groups is 1. The molecule has 2 aromatic rings. The van der Waals surface area contributed by atoms with Crippen molar-refractivity contribution in [1.29, 1.82) is 0 Å². The largest absolute Gasteiger partial charge is 0.497 e. The summed E-state index contributed by atoms with van der Waals surface area (Å²) < 4.78 is 31.9. The third-order valence-electron chi connectivity index (χ3n) is 5.49. The smallest absolute Gasteiger partial charge is 0.321 e. The second-order valence-electron chi connectivity index (χ2n) is 7.87. The van der Waals surface area contributed by atoms with Crippen LogP contribution < -0.4 is 10.1 Å². The monoisotopic (exact) mass is 419 g/mol. The van der Waals surface area contributed by atoms with Crippen molar-refractivity contribution in [3.8, 4) is 5.75 Å². The number of aliphatic hydroxyl groups is 1. The molecule has 0 aliphatic carbocycles. The zero-order chi connectivity index (χ0) is 21.9. The van der Waals surface area contributed by atoms with E-state index in [9.17, 15) is 18.7 Å². The number of carbonyl (C=O) groups excluding carboxylic acids is 1. The number of hydrogen-bond donors (Lipinski definition) is 2. The molecule has 30 heavy (non-hydrogen) atoms. The summed E-state index contributed by atoms with van der Waals surface area (Å²) in [6, 6.07) is 10.1. The summed E-state index contributed by atoms with van der Waals surface area (Å²) in [6.45, 7) is 1.18. The highest BCUT2D eigenvalue weighted by atomic mass is 19.2. The highest BCUT2D eigenvalue weighted by molar-refractivity contribution is 5.89. The molecular weight excluding hydrogens is 392 g/mol. The summed E-state index contributed by atoms with van der Waals surface area (Å²) in [5.41, 5.74) is -0.205. The minimum Gasteiger partial charge on any atom is -0.497 e. The molecule has 1 aliphatic rings. The van der Waals surface area contributed by atoms with Crippen molar-refractivity contribution in [3.05, 3.63) is 59.7 Å². The highest BCUT2D eigenvalue weighted by Gasteiger charge is 2.44. The van der Waals surface area contributed by atoms with Crippen LogP contribution in [-0.2, 0) is 5.60 Å². The molecule has 2 N–H and O–H groups in total. The molecule has 1 aliphatic heterocycles. The maximum atomic E-state index is 13.4. The predicted molar refractivity (Wildman–Crippen MR) is 111 cm³/mol. The third kappa shape index (κ3) is 4.71. The molecule has 2 unspecified atom stereocenters. The number of amides is 2. The van der Waals surface area contributed by atoms with Gasteiger partial charge in [-0.25, -0.2) is 13.6 Å². The van der Waals surface area contributed by atoms with E-state index in [2.05, 4.69) is 5.32 Å². The van der Waals surface area contributed by atoms with Gasteiger partial charge in [-0.3, -0.25) is 0 Å². The van der Waals surface area contributed by atoms with E-state index in [-0.39, 0.29) is 11.6 Å². The van der Waals surface area contributed by atoms with Crippen LogP contribution in [0.5, 0.6) is 5.75 Å². The number of halogens is 2. The van der Waals surface area contributed by atoms with Crippen LogP contribution in [-0.4, -0.2) is 61.8 Å².